The normalized spacial score (nSPS) is 20.2. The van der Waals surface area contributed by atoms with Crippen LogP contribution in [0.5, 0.6) is 11.5 Å². The first kappa shape index (κ1) is 23.9. The third kappa shape index (κ3) is 4.41. The quantitative estimate of drug-likeness (QED) is 0.462. The highest BCUT2D eigenvalue weighted by Crippen LogP contribution is 2.45. The van der Waals surface area contributed by atoms with Crippen molar-refractivity contribution in [3.63, 3.8) is 0 Å². The van der Waals surface area contributed by atoms with E-state index in [9.17, 15) is 19.1 Å². The van der Waals surface area contributed by atoms with E-state index in [1.807, 2.05) is 12.1 Å². The molecule has 2 aliphatic rings. The second kappa shape index (κ2) is 9.64. The number of carboxylic acids is 1. The van der Waals surface area contributed by atoms with Crippen LogP contribution in [0, 0.1) is 5.82 Å². The summed E-state index contributed by atoms with van der Waals surface area (Å²) < 4.78 is 25.3. The van der Waals surface area contributed by atoms with E-state index in [4.69, 9.17) is 9.47 Å². The van der Waals surface area contributed by atoms with Crippen LogP contribution < -0.4 is 14.8 Å². The van der Waals surface area contributed by atoms with Crippen LogP contribution in [0.25, 0.3) is 0 Å². The summed E-state index contributed by atoms with van der Waals surface area (Å²) in [6, 6.07) is 18.1. The largest absolute Gasteiger partial charge is 0.497 e. The van der Waals surface area contributed by atoms with E-state index in [0.717, 1.165) is 29.5 Å². The molecule has 1 saturated carbocycles. The molecule has 0 radical (unpaired) electrons. The number of amides is 1. The first-order chi connectivity index (χ1) is 17.4. The summed E-state index contributed by atoms with van der Waals surface area (Å²) in [6.07, 6.45) is 3.39. The number of halogens is 1. The number of hydrogen-bond acceptors (Lipinski definition) is 4. The van der Waals surface area contributed by atoms with Gasteiger partial charge in [-0.15, -0.1) is 0 Å². The zero-order valence-electron chi connectivity index (χ0n) is 20.0. The Morgan fingerprint density at radius 2 is 1.72 bits per heavy atom. The Morgan fingerprint density at radius 3 is 2.36 bits per heavy atom. The van der Waals surface area contributed by atoms with E-state index in [1.165, 1.54) is 12.1 Å². The number of methoxy groups -OCH3 is 1. The molecule has 186 valence electrons. The molecule has 3 aromatic carbocycles. The van der Waals surface area contributed by atoms with Crippen LogP contribution in [0.1, 0.15) is 71.3 Å². The van der Waals surface area contributed by atoms with Gasteiger partial charge in [-0.2, -0.15) is 0 Å². The molecule has 2 atom stereocenters. The summed E-state index contributed by atoms with van der Waals surface area (Å²) in [5, 5.41) is 12.5. The number of benzene rings is 3. The average molecular weight is 490 g/mol. The monoisotopic (exact) mass is 489 g/mol. The van der Waals surface area contributed by atoms with Crippen molar-refractivity contribution in [2.75, 3.05) is 7.11 Å². The van der Waals surface area contributed by atoms with Gasteiger partial charge in [0.15, 0.2) is 0 Å². The Bertz CT molecular complexity index is 1270. The lowest BCUT2D eigenvalue weighted by atomic mass is 9.77. The Hall–Kier alpha value is -3.87. The number of hydrogen-bond donors (Lipinski definition) is 2. The number of aromatic carboxylic acids is 1. The molecule has 1 fully saturated rings. The predicted molar refractivity (Wildman–Crippen MR) is 132 cm³/mol. The van der Waals surface area contributed by atoms with Crippen molar-refractivity contribution in [1.82, 2.24) is 5.32 Å². The fourth-order valence-corrected chi connectivity index (χ4v) is 5.45. The molecule has 1 amide bonds. The van der Waals surface area contributed by atoms with Gasteiger partial charge in [-0.3, -0.25) is 4.79 Å². The molecule has 0 spiro atoms. The second-order valence-electron chi connectivity index (χ2n) is 9.50. The van der Waals surface area contributed by atoms with Crippen molar-refractivity contribution in [2.24, 2.45) is 0 Å². The van der Waals surface area contributed by atoms with E-state index in [1.54, 1.807) is 49.6 Å². The van der Waals surface area contributed by atoms with Crippen molar-refractivity contribution in [3.8, 4) is 11.5 Å². The minimum Gasteiger partial charge on any atom is -0.497 e. The summed E-state index contributed by atoms with van der Waals surface area (Å²) in [5.74, 6) is -0.134. The minimum atomic E-state index is -0.992. The van der Waals surface area contributed by atoms with Gasteiger partial charge in [-0.05, 0) is 60.4 Å². The zero-order chi connectivity index (χ0) is 25.3. The fraction of sp³-hybridized carbons (Fsp3) is 0.310. The lowest BCUT2D eigenvalue weighted by molar-refractivity contribution is -0.127. The first-order valence-corrected chi connectivity index (χ1v) is 12.1. The van der Waals surface area contributed by atoms with Crippen LogP contribution in [0.15, 0.2) is 66.7 Å². The van der Waals surface area contributed by atoms with Crippen molar-refractivity contribution in [3.05, 3.63) is 94.8 Å². The highest BCUT2D eigenvalue weighted by Gasteiger charge is 2.44. The smallest absolute Gasteiger partial charge is 0.335 e. The van der Waals surface area contributed by atoms with Gasteiger partial charge in [0.05, 0.1) is 24.1 Å². The van der Waals surface area contributed by atoms with Crippen molar-refractivity contribution in [1.29, 1.82) is 0 Å². The van der Waals surface area contributed by atoms with E-state index < -0.39 is 11.4 Å². The first-order valence-electron chi connectivity index (χ1n) is 12.1. The lowest BCUT2D eigenvalue weighted by Gasteiger charge is -2.36. The van der Waals surface area contributed by atoms with Crippen LogP contribution in [0.3, 0.4) is 0 Å². The second-order valence-corrected chi connectivity index (χ2v) is 9.50. The Labute approximate surface area is 209 Å². The van der Waals surface area contributed by atoms with Crippen LogP contribution in [-0.4, -0.2) is 24.1 Å². The van der Waals surface area contributed by atoms with Gasteiger partial charge < -0.3 is 19.9 Å². The molecule has 1 aliphatic heterocycles. The molecule has 1 heterocycles. The van der Waals surface area contributed by atoms with Crippen molar-refractivity contribution in [2.45, 2.75) is 49.7 Å². The average Bonchev–Trinajstić information content (AvgIpc) is 3.40. The maximum absolute atomic E-state index is 13.9. The standard InChI is InChI=1S/C29H28FNO5/c1-35-22-12-13-23-24(17-25(36-26(23)16-22)18-4-6-19(7-5-18)27(32)33)31-28(34)29(14-2-3-15-29)20-8-10-21(30)11-9-20/h4-13,16,24-25H,2-3,14-15,17H2,1H3,(H,31,34)(H,32,33)/t24-,25-/m1/s1. The number of carbonyl (C=O) groups is 2. The Kier molecular flexibility index (Phi) is 6.39. The van der Waals surface area contributed by atoms with Crippen molar-refractivity contribution < 1.29 is 28.6 Å². The van der Waals surface area contributed by atoms with E-state index in [0.29, 0.717) is 30.8 Å². The molecular formula is C29H28FNO5. The van der Waals surface area contributed by atoms with Gasteiger partial charge in [-0.1, -0.05) is 37.1 Å². The van der Waals surface area contributed by atoms with Gasteiger partial charge in [0.2, 0.25) is 5.91 Å². The van der Waals surface area contributed by atoms with Crippen molar-refractivity contribution >= 4 is 11.9 Å². The third-order valence-corrected chi connectivity index (χ3v) is 7.44. The molecule has 7 heteroatoms. The number of carbonyl (C=O) groups excluding carboxylic acids is 1. The van der Waals surface area contributed by atoms with Gasteiger partial charge in [0, 0.05) is 18.1 Å². The highest BCUT2D eigenvalue weighted by molar-refractivity contribution is 5.89. The van der Waals surface area contributed by atoms with Crippen LogP contribution in [0.2, 0.25) is 0 Å². The SMILES string of the molecule is COc1ccc2c(c1)O[C@@H](c1ccc(C(=O)O)cc1)C[C@H]2NC(=O)C1(c2ccc(F)cc2)CCCC1. The maximum atomic E-state index is 13.9. The Balaban J connectivity index is 1.47. The number of rotatable bonds is 6. The van der Waals surface area contributed by atoms with E-state index in [2.05, 4.69) is 5.32 Å². The van der Waals surface area contributed by atoms with Gasteiger partial charge >= 0.3 is 5.97 Å². The molecule has 0 bridgehead atoms. The summed E-state index contributed by atoms with van der Waals surface area (Å²) in [5.41, 5.74) is 2.01. The van der Waals surface area contributed by atoms with Gasteiger partial charge in [0.25, 0.3) is 0 Å². The van der Waals surface area contributed by atoms with Crippen LogP contribution >= 0.6 is 0 Å². The summed E-state index contributed by atoms with van der Waals surface area (Å²) in [7, 11) is 1.58. The molecular weight excluding hydrogens is 461 g/mol. The van der Waals surface area contributed by atoms with E-state index in [-0.39, 0.29) is 29.4 Å². The van der Waals surface area contributed by atoms with Gasteiger partial charge in [-0.25, -0.2) is 9.18 Å². The number of fused-ring (bicyclic) bond motifs is 1. The minimum absolute atomic E-state index is 0.0692. The van der Waals surface area contributed by atoms with E-state index >= 15 is 0 Å². The molecule has 6 nitrogen and oxygen atoms in total. The van der Waals surface area contributed by atoms with Crippen LogP contribution in [-0.2, 0) is 10.2 Å². The molecule has 0 aromatic heterocycles. The third-order valence-electron chi connectivity index (χ3n) is 7.44. The molecule has 36 heavy (non-hydrogen) atoms. The summed E-state index contributed by atoms with van der Waals surface area (Å²) >= 11 is 0. The zero-order valence-corrected chi connectivity index (χ0v) is 20.0. The maximum Gasteiger partial charge on any atom is 0.335 e. The molecule has 3 aromatic rings. The van der Waals surface area contributed by atoms with Gasteiger partial charge in [0.1, 0.15) is 23.4 Å². The number of carboxylic acid groups (broad SMARTS) is 1. The Morgan fingerprint density at radius 1 is 1.03 bits per heavy atom. The predicted octanol–water partition coefficient (Wildman–Crippen LogP) is 5.73. The molecule has 5 rings (SSSR count). The molecule has 0 saturated heterocycles. The fourth-order valence-electron chi connectivity index (χ4n) is 5.45. The number of nitrogens with one attached hydrogen (secondary N) is 1. The number of ether oxygens (including phenoxy) is 2. The molecule has 0 unspecified atom stereocenters. The van der Waals surface area contributed by atoms with Crippen LogP contribution in [0.4, 0.5) is 4.39 Å². The molecule has 1 aliphatic carbocycles. The summed E-state index contributed by atoms with van der Waals surface area (Å²) in [4.78, 5) is 25.2. The molecule has 2 N–H and O–H groups in total. The lowest BCUT2D eigenvalue weighted by Crippen LogP contribution is -2.45. The highest BCUT2D eigenvalue weighted by atomic mass is 19.1. The topological polar surface area (TPSA) is 84.9 Å². The summed E-state index contributed by atoms with van der Waals surface area (Å²) in [6.45, 7) is 0.